The molecule has 0 aliphatic heterocycles. The fourth-order valence-corrected chi connectivity index (χ4v) is 2.31. The average Bonchev–Trinajstić information content (AvgIpc) is 2.52. The summed E-state index contributed by atoms with van der Waals surface area (Å²) in [5, 5.41) is 3.30. The van der Waals surface area contributed by atoms with Crippen LogP contribution in [0.2, 0.25) is 0 Å². The maximum Gasteiger partial charge on any atom is 0.279 e. The lowest BCUT2D eigenvalue weighted by Gasteiger charge is -2.20. The van der Waals surface area contributed by atoms with E-state index in [0.717, 1.165) is 0 Å². The number of rotatable bonds is 6. The number of amides is 1. The van der Waals surface area contributed by atoms with Crippen molar-refractivity contribution < 1.29 is 14.3 Å². The van der Waals surface area contributed by atoms with Crippen LogP contribution >= 0.6 is 12.2 Å². The van der Waals surface area contributed by atoms with Crippen LogP contribution in [0, 0.1) is 0 Å². The number of hydrogen-bond acceptors (Lipinski definition) is 4. The number of thiocarbonyl (C=S) groups is 1. The van der Waals surface area contributed by atoms with E-state index in [1.165, 1.54) is 5.56 Å². The molecule has 0 aliphatic rings. The van der Waals surface area contributed by atoms with Crippen molar-refractivity contribution in [3.8, 4) is 5.75 Å². The van der Waals surface area contributed by atoms with Gasteiger partial charge in [-0.1, -0.05) is 32.9 Å². The number of ether oxygens (including phenoxy) is 2. The number of carbonyl (C=O) groups excluding carboxylic acids is 1. The number of methoxy groups -OCH3 is 1. The van der Waals surface area contributed by atoms with E-state index in [0.29, 0.717) is 17.5 Å². The maximum atomic E-state index is 12.1. The first-order valence-electron chi connectivity index (χ1n) is 8.26. The van der Waals surface area contributed by atoms with Crippen LogP contribution in [0.4, 0.5) is 0 Å². The highest BCUT2D eigenvalue weighted by Gasteiger charge is 2.17. The SMILES string of the molecule is COC[C@@H](C)NC(=S)NNC(=O)[C@H](C)Oc1ccc(C(C)(C)C)cc1. The molecular weight excluding hydrogens is 338 g/mol. The molecule has 1 amide bonds. The van der Waals surface area contributed by atoms with E-state index >= 15 is 0 Å². The minimum Gasteiger partial charge on any atom is -0.481 e. The average molecular weight is 368 g/mol. The summed E-state index contributed by atoms with van der Waals surface area (Å²) in [5.41, 5.74) is 6.47. The number of hydrazine groups is 1. The predicted octanol–water partition coefficient (Wildman–Crippen LogP) is 2.28. The topological polar surface area (TPSA) is 71.6 Å². The first-order chi connectivity index (χ1) is 11.6. The smallest absolute Gasteiger partial charge is 0.279 e. The molecule has 7 heteroatoms. The molecule has 6 nitrogen and oxygen atoms in total. The van der Waals surface area contributed by atoms with Crippen molar-refractivity contribution in [2.45, 2.75) is 52.2 Å². The summed E-state index contributed by atoms with van der Waals surface area (Å²) >= 11 is 5.09. The van der Waals surface area contributed by atoms with Crippen LogP contribution in [-0.4, -0.2) is 36.9 Å². The van der Waals surface area contributed by atoms with Gasteiger partial charge < -0.3 is 14.8 Å². The summed E-state index contributed by atoms with van der Waals surface area (Å²) in [7, 11) is 1.61. The van der Waals surface area contributed by atoms with Gasteiger partial charge in [0.05, 0.1) is 6.61 Å². The molecule has 2 atom stereocenters. The number of hydrogen-bond donors (Lipinski definition) is 3. The van der Waals surface area contributed by atoms with Gasteiger partial charge in [0.1, 0.15) is 5.75 Å². The molecule has 1 aromatic rings. The summed E-state index contributed by atoms with van der Waals surface area (Å²) in [4.78, 5) is 12.1. The Bertz CT molecular complexity index is 570. The fraction of sp³-hybridized carbons (Fsp3) is 0.556. The van der Waals surface area contributed by atoms with Crippen LogP contribution in [0.3, 0.4) is 0 Å². The zero-order chi connectivity index (χ0) is 19.0. The second-order valence-electron chi connectivity index (χ2n) is 6.98. The first kappa shape index (κ1) is 21.2. The van der Waals surface area contributed by atoms with E-state index in [2.05, 4.69) is 36.9 Å². The predicted molar refractivity (Wildman–Crippen MR) is 104 cm³/mol. The molecule has 0 saturated carbocycles. The van der Waals surface area contributed by atoms with Crippen LogP contribution in [0.25, 0.3) is 0 Å². The summed E-state index contributed by atoms with van der Waals surface area (Å²) in [6, 6.07) is 7.80. The van der Waals surface area contributed by atoms with Gasteiger partial charge in [0.15, 0.2) is 11.2 Å². The summed E-state index contributed by atoms with van der Waals surface area (Å²) in [6.45, 7) is 10.6. The van der Waals surface area contributed by atoms with Crippen molar-refractivity contribution in [2.75, 3.05) is 13.7 Å². The van der Waals surface area contributed by atoms with E-state index in [4.69, 9.17) is 21.7 Å². The summed E-state index contributed by atoms with van der Waals surface area (Å²) < 4.78 is 10.7. The Labute approximate surface area is 155 Å². The molecule has 0 aromatic heterocycles. The van der Waals surface area contributed by atoms with Crippen molar-refractivity contribution in [2.24, 2.45) is 0 Å². The van der Waals surface area contributed by atoms with Crippen molar-refractivity contribution in [3.05, 3.63) is 29.8 Å². The van der Waals surface area contributed by atoms with Gasteiger partial charge in [0.25, 0.3) is 5.91 Å². The van der Waals surface area contributed by atoms with Crippen LogP contribution in [-0.2, 0) is 14.9 Å². The van der Waals surface area contributed by atoms with Crippen LogP contribution in [0.1, 0.15) is 40.2 Å². The number of nitrogens with one attached hydrogen (secondary N) is 3. The highest BCUT2D eigenvalue weighted by atomic mass is 32.1. The quantitative estimate of drug-likeness (QED) is 0.529. The largest absolute Gasteiger partial charge is 0.481 e. The lowest BCUT2D eigenvalue weighted by Crippen LogP contribution is -2.52. The molecule has 0 radical (unpaired) electrons. The van der Waals surface area contributed by atoms with Crippen molar-refractivity contribution in [1.29, 1.82) is 0 Å². The minimum absolute atomic E-state index is 0.0388. The fourth-order valence-electron chi connectivity index (χ4n) is 2.06. The van der Waals surface area contributed by atoms with Crippen molar-refractivity contribution >= 4 is 23.2 Å². The molecule has 3 N–H and O–H groups in total. The Hall–Kier alpha value is -1.86. The Morgan fingerprint density at radius 1 is 1.16 bits per heavy atom. The van der Waals surface area contributed by atoms with Gasteiger partial charge in [-0.15, -0.1) is 0 Å². The lowest BCUT2D eigenvalue weighted by atomic mass is 9.87. The second-order valence-corrected chi connectivity index (χ2v) is 7.39. The van der Waals surface area contributed by atoms with Gasteiger partial charge >= 0.3 is 0 Å². The highest BCUT2D eigenvalue weighted by molar-refractivity contribution is 7.80. The highest BCUT2D eigenvalue weighted by Crippen LogP contribution is 2.24. The molecule has 0 bridgehead atoms. The van der Waals surface area contributed by atoms with E-state index in [-0.39, 0.29) is 17.4 Å². The molecular formula is C18H29N3O3S. The standard InChI is InChI=1S/C18H29N3O3S/c1-12(11-23-6)19-17(25)21-20-16(22)13(2)24-15-9-7-14(8-10-15)18(3,4)5/h7-10,12-13H,11H2,1-6H3,(H,20,22)(H2,19,21,25)/t12-,13+/m1/s1. The maximum absolute atomic E-state index is 12.1. The van der Waals surface area contributed by atoms with Gasteiger partial charge in [-0.05, 0) is 49.2 Å². The Morgan fingerprint density at radius 3 is 2.28 bits per heavy atom. The summed E-state index contributed by atoms with van der Waals surface area (Å²) in [6.07, 6.45) is -0.660. The van der Waals surface area contributed by atoms with Crippen LogP contribution < -0.4 is 20.9 Å². The van der Waals surface area contributed by atoms with Gasteiger partial charge in [0.2, 0.25) is 0 Å². The summed E-state index contributed by atoms with van der Waals surface area (Å²) in [5.74, 6) is 0.327. The third-order valence-electron chi connectivity index (χ3n) is 3.50. The Morgan fingerprint density at radius 2 is 1.76 bits per heavy atom. The van der Waals surface area contributed by atoms with Gasteiger partial charge in [0, 0.05) is 13.2 Å². The molecule has 0 heterocycles. The third kappa shape index (κ3) is 7.70. The van der Waals surface area contributed by atoms with Gasteiger partial charge in [-0.25, -0.2) is 0 Å². The van der Waals surface area contributed by atoms with E-state index < -0.39 is 6.10 Å². The van der Waals surface area contributed by atoms with Crippen LogP contribution in [0.15, 0.2) is 24.3 Å². The van der Waals surface area contributed by atoms with E-state index in [9.17, 15) is 4.79 Å². The Balaban J connectivity index is 2.45. The zero-order valence-corrected chi connectivity index (χ0v) is 16.6. The first-order valence-corrected chi connectivity index (χ1v) is 8.66. The molecule has 0 unspecified atom stereocenters. The minimum atomic E-state index is -0.660. The van der Waals surface area contributed by atoms with Crippen molar-refractivity contribution in [3.63, 3.8) is 0 Å². The molecule has 0 fully saturated rings. The second kappa shape index (κ2) is 9.58. The van der Waals surface area contributed by atoms with Gasteiger partial charge in [-0.3, -0.25) is 15.6 Å². The molecule has 0 spiro atoms. The van der Waals surface area contributed by atoms with Gasteiger partial charge in [-0.2, -0.15) is 0 Å². The molecule has 25 heavy (non-hydrogen) atoms. The molecule has 1 aromatic carbocycles. The van der Waals surface area contributed by atoms with Crippen molar-refractivity contribution in [1.82, 2.24) is 16.2 Å². The van der Waals surface area contributed by atoms with Crippen LogP contribution in [0.5, 0.6) is 5.75 Å². The Kier molecular flexibility index (Phi) is 8.12. The lowest BCUT2D eigenvalue weighted by molar-refractivity contribution is -0.127. The normalized spacial score (nSPS) is 13.5. The monoisotopic (exact) mass is 367 g/mol. The number of benzene rings is 1. The molecule has 0 saturated heterocycles. The van der Waals surface area contributed by atoms with E-state index in [1.807, 2.05) is 31.2 Å². The molecule has 1 rings (SSSR count). The molecule has 0 aliphatic carbocycles. The zero-order valence-electron chi connectivity index (χ0n) is 15.8. The molecule has 140 valence electrons. The third-order valence-corrected chi connectivity index (χ3v) is 3.72. The van der Waals surface area contributed by atoms with E-state index in [1.54, 1.807) is 14.0 Å². The number of carbonyl (C=O) groups is 1.